The van der Waals surface area contributed by atoms with E-state index in [0.717, 1.165) is 12.1 Å². The molecule has 0 aliphatic heterocycles. The lowest BCUT2D eigenvalue weighted by Crippen LogP contribution is -2.36. The van der Waals surface area contributed by atoms with Crippen LogP contribution >= 0.6 is 0 Å². The maximum Gasteiger partial charge on any atom is 0.416 e. The van der Waals surface area contributed by atoms with Gasteiger partial charge in [0.2, 0.25) is 0 Å². The third-order valence-electron chi connectivity index (χ3n) is 5.43. The summed E-state index contributed by atoms with van der Waals surface area (Å²) >= 11 is 0. The van der Waals surface area contributed by atoms with Crippen molar-refractivity contribution in [2.75, 3.05) is 11.9 Å². The molecule has 5 N–H and O–H groups in total. The SMILES string of the molecule is NS(=O)(=O)OC[C@H]1C[C@@H](Nc2ccnc3cc(-c4cccc(C(F)(F)F)c4)nn23)[C@H](O)[C@@H]1O. The predicted octanol–water partition coefficient (Wildman–Crippen LogP) is 1.16. The molecule has 3 aromatic rings. The molecule has 0 bridgehead atoms. The van der Waals surface area contributed by atoms with Crippen molar-refractivity contribution in [3.05, 3.63) is 48.2 Å². The number of hydrogen-bond donors (Lipinski definition) is 4. The molecule has 2 heterocycles. The molecule has 0 unspecified atom stereocenters. The minimum Gasteiger partial charge on any atom is -0.390 e. The minimum atomic E-state index is -4.50. The second-order valence-corrected chi connectivity index (χ2v) is 8.93. The van der Waals surface area contributed by atoms with Crippen molar-refractivity contribution in [1.82, 2.24) is 14.6 Å². The number of rotatable bonds is 6. The summed E-state index contributed by atoms with van der Waals surface area (Å²) in [5.41, 5.74) is 0.0424. The Balaban J connectivity index is 1.58. The van der Waals surface area contributed by atoms with E-state index in [1.54, 1.807) is 6.07 Å². The summed E-state index contributed by atoms with van der Waals surface area (Å²) in [6, 6.07) is 7.11. The van der Waals surface area contributed by atoms with Gasteiger partial charge in [-0.25, -0.2) is 10.1 Å². The van der Waals surface area contributed by atoms with Crippen LogP contribution in [0.25, 0.3) is 16.9 Å². The zero-order valence-electron chi connectivity index (χ0n) is 16.8. The van der Waals surface area contributed by atoms with E-state index in [4.69, 9.17) is 5.14 Å². The number of nitrogens with one attached hydrogen (secondary N) is 1. The highest BCUT2D eigenvalue weighted by molar-refractivity contribution is 7.84. The number of anilines is 1. The van der Waals surface area contributed by atoms with Crippen molar-refractivity contribution in [2.45, 2.75) is 30.8 Å². The average Bonchev–Trinajstić information content (AvgIpc) is 3.29. The molecule has 0 radical (unpaired) electrons. The Morgan fingerprint density at radius 3 is 2.67 bits per heavy atom. The Hall–Kier alpha value is -2.78. The molecular formula is C19H20F3N5O5S. The molecule has 1 saturated carbocycles. The fraction of sp³-hybridized carbons (Fsp3) is 0.368. The fourth-order valence-corrected chi connectivity index (χ4v) is 4.17. The number of fused-ring (bicyclic) bond motifs is 1. The molecule has 2 aromatic heterocycles. The molecule has 4 rings (SSSR count). The highest BCUT2D eigenvalue weighted by Gasteiger charge is 2.42. The number of aromatic nitrogens is 3. The number of aliphatic hydroxyl groups excluding tert-OH is 2. The quantitative estimate of drug-likeness (QED) is 0.404. The van der Waals surface area contributed by atoms with Crippen molar-refractivity contribution >= 4 is 21.8 Å². The Kier molecular flexibility index (Phi) is 6.05. The summed E-state index contributed by atoms with van der Waals surface area (Å²) in [4.78, 5) is 4.16. The van der Waals surface area contributed by atoms with E-state index in [1.165, 1.54) is 28.9 Å². The van der Waals surface area contributed by atoms with E-state index in [9.17, 15) is 31.8 Å². The smallest absolute Gasteiger partial charge is 0.390 e. The van der Waals surface area contributed by atoms with Crippen LogP contribution in [-0.2, 0) is 20.7 Å². The number of halogens is 3. The summed E-state index contributed by atoms with van der Waals surface area (Å²) in [6.45, 7) is -0.400. The van der Waals surface area contributed by atoms with E-state index in [-0.39, 0.29) is 17.7 Å². The first-order chi connectivity index (χ1) is 15.4. The molecular weight excluding hydrogens is 467 g/mol. The molecule has 0 amide bonds. The van der Waals surface area contributed by atoms with Crippen LogP contribution in [0, 0.1) is 5.92 Å². The van der Waals surface area contributed by atoms with Gasteiger partial charge in [0.05, 0.1) is 30.0 Å². The van der Waals surface area contributed by atoms with Crippen LogP contribution in [0.1, 0.15) is 12.0 Å². The van der Waals surface area contributed by atoms with E-state index < -0.39 is 52.8 Å². The van der Waals surface area contributed by atoms with Gasteiger partial charge in [0.25, 0.3) is 0 Å². The lowest BCUT2D eigenvalue weighted by molar-refractivity contribution is -0.137. The van der Waals surface area contributed by atoms with Gasteiger partial charge in [-0.1, -0.05) is 12.1 Å². The molecule has 14 heteroatoms. The van der Waals surface area contributed by atoms with Gasteiger partial charge < -0.3 is 15.5 Å². The molecule has 1 aliphatic rings. The molecule has 1 fully saturated rings. The van der Waals surface area contributed by atoms with Crippen molar-refractivity contribution < 1.29 is 36.0 Å². The van der Waals surface area contributed by atoms with Crippen LogP contribution in [-0.4, -0.2) is 58.1 Å². The normalized spacial score (nSPS) is 23.8. The fourth-order valence-electron chi connectivity index (χ4n) is 3.81. The molecule has 1 aromatic carbocycles. The first-order valence-corrected chi connectivity index (χ1v) is 11.2. The highest BCUT2D eigenvalue weighted by Crippen LogP contribution is 2.33. The number of nitrogens with two attached hydrogens (primary N) is 1. The van der Waals surface area contributed by atoms with Crippen molar-refractivity contribution in [3.63, 3.8) is 0 Å². The number of benzene rings is 1. The van der Waals surface area contributed by atoms with Gasteiger partial charge in [-0.3, -0.25) is 4.18 Å². The summed E-state index contributed by atoms with van der Waals surface area (Å²) in [7, 11) is -4.20. The van der Waals surface area contributed by atoms with Crippen molar-refractivity contribution in [1.29, 1.82) is 0 Å². The Labute approximate surface area is 186 Å². The zero-order valence-corrected chi connectivity index (χ0v) is 17.7. The molecule has 0 saturated heterocycles. The first kappa shape index (κ1) is 23.4. The lowest BCUT2D eigenvalue weighted by atomic mass is 10.1. The summed E-state index contributed by atoms with van der Waals surface area (Å²) < 4.78 is 67.1. The number of alkyl halides is 3. The Morgan fingerprint density at radius 1 is 1.21 bits per heavy atom. The second-order valence-electron chi connectivity index (χ2n) is 7.71. The van der Waals surface area contributed by atoms with Crippen LogP contribution in [0.15, 0.2) is 42.6 Å². The maximum absolute atomic E-state index is 13.1. The monoisotopic (exact) mass is 487 g/mol. The van der Waals surface area contributed by atoms with E-state index >= 15 is 0 Å². The van der Waals surface area contributed by atoms with Gasteiger partial charge in [-0.15, -0.1) is 0 Å². The van der Waals surface area contributed by atoms with Crippen LogP contribution in [0.4, 0.5) is 19.0 Å². The number of aliphatic hydroxyl groups is 2. The molecule has 33 heavy (non-hydrogen) atoms. The third kappa shape index (κ3) is 5.09. The van der Waals surface area contributed by atoms with Gasteiger partial charge in [-0.2, -0.15) is 31.2 Å². The van der Waals surface area contributed by atoms with Gasteiger partial charge in [0, 0.05) is 23.7 Å². The molecule has 178 valence electrons. The average molecular weight is 487 g/mol. The second kappa shape index (κ2) is 8.53. The lowest BCUT2D eigenvalue weighted by Gasteiger charge is -2.19. The van der Waals surface area contributed by atoms with Crippen molar-refractivity contribution in [2.24, 2.45) is 11.1 Å². The first-order valence-electron chi connectivity index (χ1n) is 9.74. The van der Waals surface area contributed by atoms with Crippen LogP contribution in [0.5, 0.6) is 0 Å². The molecule has 0 spiro atoms. The summed E-state index contributed by atoms with van der Waals surface area (Å²) in [5, 5.41) is 32.8. The predicted molar refractivity (Wildman–Crippen MR) is 110 cm³/mol. The Bertz CT molecular complexity index is 1270. The van der Waals surface area contributed by atoms with E-state index in [0.29, 0.717) is 11.5 Å². The maximum atomic E-state index is 13.1. The molecule has 4 atom stereocenters. The standard InChI is InChI=1S/C19H20F3N5O5S/c20-19(21,22)12-3-1-2-10(6-12)13-8-16-24-5-4-15(27(16)26-13)25-14-7-11(17(28)18(14)29)9-32-33(23,30)31/h1-6,8,11,14,17-18,25,28-29H,7,9H2,(H2,23,30,31)/t11-,14-,17-,18+/m1/s1. The number of hydrogen-bond acceptors (Lipinski definition) is 8. The topological polar surface area (TPSA) is 152 Å². The summed E-state index contributed by atoms with van der Waals surface area (Å²) in [5.74, 6) is -0.339. The Morgan fingerprint density at radius 2 is 1.97 bits per heavy atom. The zero-order chi connectivity index (χ0) is 24.0. The van der Waals surface area contributed by atoms with Crippen LogP contribution in [0.2, 0.25) is 0 Å². The van der Waals surface area contributed by atoms with Gasteiger partial charge in [0.1, 0.15) is 11.9 Å². The third-order valence-corrected chi connectivity index (χ3v) is 5.89. The largest absolute Gasteiger partial charge is 0.416 e. The number of nitrogens with zero attached hydrogens (tertiary/aromatic N) is 3. The highest BCUT2D eigenvalue weighted by atomic mass is 32.2. The van der Waals surface area contributed by atoms with Crippen molar-refractivity contribution in [3.8, 4) is 11.3 Å². The van der Waals surface area contributed by atoms with Crippen LogP contribution in [0.3, 0.4) is 0 Å². The molecule has 10 nitrogen and oxygen atoms in total. The van der Waals surface area contributed by atoms with Crippen LogP contribution < -0.4 is 10.5 Å². The van der Waals surface area contributed by atoms with Gasteiger partial charge in [0.15, 0.2) is 5.65 Å². The van der Waals surface area contributed by atoms with Gasteiger partial charge in [-0.05, 0) is 24.6 Å². The van der Waals surface area contributed by atoms with Gasteiger partial charge >= 0.3 is 16.5 Å². The summed E-state index contributed by atoms with van der Waals surface area (Å²) in [6.07, 6.45) is -5.40. The molecule has 1 aliphatic carbocycles. The van der Waals surface area contributed by atoms with E-state index in [2.05, 4.69) is 19.6 Å². The minimum absolute atomic E-state index is 0.156. The van der Waals surface area contributed by atoms with E-state index in [1.807, 2.05) is 0 Å².